The lowest BCUT2D eigenvalue weighted by atomic mass is 9.86. The molecule has 0 aliphatic carbocycles. The summed E-state index contributed by atoms with van der Waals surface area (Å²) in [5.41, 5.74) is 7.87. The van der Waals surface area contributed by atoms with Crippen LogP contribution in [0, 0.1) is 5.92 Å². The molecule has 138 valence electrons. The zero-order valence-corrected chi connectivity index (χ0v) is 15.3. The van der Waals surface area contributed by atoms with Crippen molar-refractivity contribution >= 4 is 11.7 Å². The number of para-hydroxylation sites is 1. The summed E-state index contributed by atoms with van der Waals surface area (Å²) in [5, 5.41) is 3.64. The van der Waals surface area contributed by atoms with Gasteiger partial charge in [-0.3, -0.25) is 4.90 Å². The molecule has 3 N–H and O–H groups in total. The molecule has 26 heavy (non-hydrogen) atoms. The van der Waals surface area contributed by atoms with E-state index in [9.17, 15) is 4.79 Å². The standard InChI is InChI=1S/C22H29N3O/c23-22(26)25(21-11-5-2-6-12-21)15-7-10-20-17-19(13-14-24-20)16-18-8-3-1-4-9-18/h1-6,8-9,11-12,19-20,24H,7,10,13-17H2,(H2,23,26). The SMILES string of the molecule is NC(=O)N(CCCC1CC(Cc2ccccc2)CCN1)c1ccccc1. The van der Waals surface area contributed by atoms with Gasteiger partial charge in [-0.2, -0.15) is 0 Å². The van der Waals surface area contributed by atoms with Crippen LogP contribution in [0.4, 0.5) is 10.5 Å². The Balaban J connectivity index is 1.47. The maximum Gasteiger partial charge on any atom is 0.319 e. The number of nitrogens with one attached hydrogen (secondary N) is 1. The fourth-order valence-electron chi connectivity index (χ4n) is 3.92. The molecule has 2 atom stereocenters. The third kappa shape index (κ3) is 5.33. The van der Waals surface area contributed by atoms with Crippen molar-refractivity contribution in [2.24, 2.45) is 11.7 Å². The minimum atomic E-state index is -0.380. The maximum absolute atomic E-state index is 11.8. The van der Waals surface area contributed by atoms with Crippen molar-refractivity contribution in [1.29, 1.82) is 0 Å². The number of carbonyl (C=O) groups excluding carboxylic acids is 1. The molecule has 2 aromatic carbocycles. The van der Waals surface area contributed by atoms with Gasteiger partial charge in [0.15, 0.2) is 0 Å². The first-order valence-electron chi connectivity index (χ1n) is 9.61. The summed E-state index contributed by atoms with van der Waals surface area (Å²) in [6.07, 6.45) is 5.63. The number of nitrogens with zero attached hydrogens (tertiary/aromatic N) is 1. The highest BCUT2D eigenvalue weighted by atomic mass is 16.2. The molecule has 2 unspecified atom stereocenters. The van der Waals surface area contributed by atoms with Crippen LogP contribution in [0.25, 0.3) is 0 Å². The van der Waals surface area contributed by atoms with E-state index >= 15 is 0 Å². The van der Waals surface area contributed by atoms with Crippen molar-refractivity contribution in [3.8, 4) is 0 Å². The normalized spacial score (nSPS) is 19.8. The van der Waals surface area contributed by atoms with Crippen molar-refractivity contribution in [3.63, 3.8) is 0 Å². The number of amides is 2. The minimum absolute atomic E-state index is 0.380. The number of anilines is 1. The third-order valence-electron chi connectivity index (χ3n) is 5.24. The van der Waals surface area contributed by atoms with Crippen molar-refractivity contribution in [2.45, 2.75) is 38.1 Å². The second kappa shape index (κ2) is 9.39. The molecule has 0 radical (unpaired) electrons. The van der Waals surface area contributed by atoms with Crippen LogP contribution in [0.15, 0.2) is 60.7 Å². The van der Waals surface area contributed by atoms with E-state index in [1.165, 1.54) is 18.4 Å². The number of rotatable bonds is 7. The van der Waals surface area contributed by atoms with Crippen molar-refractivity contribution in [1.82, 2.24) is 5.32 Å². The van der Waals surface area contributed by atoms with E-state index in [0.717, 1.165) is 37.4 Å². The van der Waals surface area contributed by atoms with E-state index in [1.54, 1.807) is 4.90 Å². The van der Waals surface area contributed by atoms with Gasteiger partial charge in [0, 0.05) is 18.3 Å². The van der Waals surface area contributed by atoms with Gasteiger partial charge < -0.3 is 11.1 Å². The molecule has 1 aliphatic rings. The first-order valence-corrected chi connectivity index (χ1v) is 9.61. The van der Waals surface area contributed by atoms with Gasteiger partial charge in [0.05, 0.1) is 0 Å². The van der Waals surface area contributed by atoms with Crippen LogP contribution in [-0.4, -0.2) is 25.2 Å². The molecule has 4 nitrogen and oxygen atoms in total. The highest BCUT2D eigenvalue weighted by Crippen LogP contribution is 2.23. The Morgan fingerprint density at radius 2 is 1.77 bits per heavy atom. The molecule has 1 heterocycles. The molecular weight excluding hydrogens is 322 g/mol. The molecule has 0 bridgehead atoms. The first kappa shape index (κ1) is 18.5. The summed E-state index contributed by atoms with van der Waals surface area (Å²) < 4.78 is 0. The average molecular weight is 351 g/mol. The number of piperidine rings is 1. The van der Waals surface area contributed by atoms with Gasteiger partial charge in [-0.25, -0.2) is 4.79 Å². The Bertz CT molecular complexity index is 674. The monoisotopic (exact) mass is 351 g/mol. The molecule has 2 amide bonds. The number of urea groups is 1. The number of carbonyl (C=O) groups is 1. The lowest BCUT2D eigenvalue weighted by molar-refractivity contribution is 0.253. The molecular formula is C22H29N3O. The molecule has 1 saturated heterocycles. The molecule has 0 aromatic heterocycles. The lowest BCUT2D eigenvalue weighted by Crippen LogP contribution is -2.40. The fourth-order valence-corrected chi connectivity index (χ4v) is 3.92. The van der Waals surface area contributed by atoms with Crippen molar-refractivity contribution in [3.05, 3.63) is 66.2 Å². The van der Waals surface area contributed by atoms with Crippen LogP contribution in [0.2, 0.25) is 0 Å². The van der Waals surface area contributed by atoms with Gasteiger partial charge in [0.1, 0.15) is 0 Å². The summed E-state index contributed by atoms with van der Waals surface area (Å²) in [5.74, 6) is 0.741. The van der Waals surface area contributed by atoms with Gasteiger partial charge in [0.2, 0.25) is 0 Å². The van der Waals surface area contributed by atoms with E-state index in [4.69, 9.17) is 5.73 Å². The average Bonchev–Trinajstić information content (AvgIpc) is 2.67. The van der Waals surface area contributed by atoms with Crippen LogP contribution < -0.4 is 16.0 Å². The van der Waals surface area contributed by atoms with Gasteiger partial charge in [-0.15, -0.1) is 0 Å². The Hall–Kier alpha value is -2.33. The molecule has 4 heteroatoms. The zero-order chi connectivity index (χ0) is 18.2. The fraction of sp³-hybridized carbons (Fsp3) is 0.409. The van der Waals surface area contributed by atoms with E-state index in [-0.39, 0.29) is 6.03 Å². The Labute approximate surface area is 156 Å². The maximum atomic E-state index is 11.8. The molecule has 2 aromatic rings. The molecule has 1 fully saturated rings. The highest BCUT2D eigenvalue weighted by molar-refractivity contribution is 5.90. The topological polar surface area (TPSA) is 58.4 Å². The van der Waals surface area contributed by atoms with Crippen LogP contribution in [0.5, 0.6) is 0 Å². The predicted molar refractivity (Wildman–Crippen MR) is 107 cm³/mol. The summed E-state index contributed by atoms with van der Waals surface area (Å²) in [6.45, 7) is 1.75. The largest absolute Gasteiger partial charge is 0.351 e. The molecule has 0 saturated carbocycles. The zero-order valence-electron chi connectivity index (χ0n) is 15.3. The van der Waals surface area contributed by atoms with Gasteiger partial charge in [-0.1, -0.05) is 48.5 Å². The summed E-state index contributed by atoms with van der Waals surface area (Å²) in [4.78, 5) is 13.4. The van der Waals surface area contributed by atoms with Crippen molar-refractivity contribution < 1.29 is 4.79 Å². The Morgan fingerprint density at radius 3 is 2.46 bits per heavy atom. The van der Waals surface area contributed by atoms with Crippen LogP contribution in [0.1, 0.15) is 31.2 Å². The first-order chi connectivity index (χ1) is 12.7. The van der Waals surface area contributed by atoms with Gasteiger partial charge >= 0.3 is 6.03 Å². The van der Waals surface area contributed by atoms with Crippen LogP contribution in [-0.2, 0) is 6.42 Å². The molecule has 3 rings (SSSR count). The second-order valence-electron chi connectivity index (χ2n) is 7.20. The highest BCUT2D eigenvalue weighted by Gasteiger charge is 2.22. The third-order valence-corrected chi connectivity index (χ3v) is 5.24. The number of hydrogen-bond acceptors (Lipinski definition) is 2. The Morgan fingerprint density at radius 1 is 1.08 bits per heavy atom. The minimum Gasteiger partial charge on any atom is -0.351 e. The summed E-state index contributed by atoms with van der Waals surface area (Å²) in [7, 11) is 0. The Kier molecular flexibility index (Phi) is 6.67. The smallest absolute Gasteiger partial charge is 0.319 e. The van der Waals surface area contributed by atoms with E-state index in [0.29, 0.717) is 12.6 Å². The van der Waals surface area contributed by atoms with Gasteiger partial charge in [0.25, 0.3) is 0 Å². The quantitative estimate of drug-likeness (QED) is 0.793. The van der Waals surface area contributed by atoms with Gasteiger partial charge in [-0.05, 0) is 62.3 Å². The van der Waals surface area contributed by atoms with Crippen LogP contribution >= 0.6 is 0 Å². The number of hydrogen-bond donors (Lipinski definition) is 2. The number of benzene rings is 2. The lowest BCUT2D eigenvalue weighted by Gasteiger charge is -2.31. The van der Waals surface area contributed by atoms with E-state index in [1.807, 2.05) is 30.3 Å². The predicted octanol–water partition coefficient (Wildman–Crippen LogP) is 3.96. The summed E-state index contributed by atoms with van der Waals surface area (Å²) in [6, 6.07) is 20.6. The number of primary amides is 1. The van der Waals surface area contributed by atoms with E-state index < -0.39 is 0 Å². The number of nitrogens with two attached hydrogens (primary N) is 1. The van der Waals surface area contributed by atoms with Crippen molar-refractivity contribution in [2.75, 3.05) is 18.0 Å². The second-order valence-corrected chi connectivity index (χ2v) is 7.20. The molecule has 1 aliphatic heterocycles. The molecule has 0 spiro atoms. The van der Waals surface area contributed by atoms with Crippen LogP contribution in [0.3, 0.4) is 0 Å². The summed E-state index contributed by atoms with van der Waals surface area (Å²) >= 11 is 0. The van der Waals surface area contributed by atoms with E-state index in [2.05, 4.69) is 35.6 Å².